The topological polar surface area (TPSA) is 31.7 Å². The molecule has 0 amide bonds. The van der Waals surface area contributed by atoms with Crippen LogP contribution in [-0.4, -0.2) is 53.9 Å². The summed E-state index contributed by atoms with van der Waals surface area (Å²) in [7, 11) is 0. The molecule has 1 aromatic carbocycles. The van der Waals surface area contributed by atoms with Crippen LogP contribution in [-0.2, 0) is 0 Å². The number of aromatic nitrogens is 1. The van der Waals surface area contributed by atoms with Crippen molar-refractivity contribution in [2.75, 3.05) is 31.1 Å². The number of nitrogens with zero attached hydrogens (tertiary/aromatic N) is 4. The number of hydrogen-bond acceptors (Lipinski definition) is 4. The molecule has 4 heterocycles. The second-order valence-electron chi connectivity index (χ2n) is 9.43. The van der Waals surface area contributed by atoms with Gasteiger partial charge in [0.2, 0.25) is 0 Å². The molecule has 3 fully saturated rings. The van der Waals surface area contributed by atoms with Crippen LogP contribution in [0, 0.1) is 5.92 Å². The molecular weight excluding hydrogens is 368 g/mol. The minimum Gasteiger partial charge on any atom is -0.366 e. The van der Waals surface area contributed by atoms with E-state index < -0.39 is 0 Å². The first-order valence-electron chi connectivity index (χ1n) is 11.6. The molecule has 4 nitrogen and oxygen atoms in total. The van der Waals surface area contributed by atoms with Crippen LogP contribution in [0.25, 0.3) is 6.08 Å². The van der Waals surface area contributed by atoms with Gasteiger partial charge in [0.25, 0.3) is 0 Å². The van der Waals surface area contributed by atoms with Gasteiger partial charge in [0.05, 0.1) is 5.71 Å². The van der Waals surface area contributed by atoms with E-state index in [1.54, 1.807) is 0 Å². The number of benzene rings is 1. The molecule has 0 unspecified atom stereocenters. The van der Waals surface area contributed by atoms with Gasteiger partial charge in [0.15, 0.2) is 0 Å². The van der Waals surface area contributed by atoms with Crippen molar-refractivity contribution in [1.29, 1.82) is 0 Å². The second kappa shape index (κ2) is 7.66. The summed E-state index contributed by atoms with van der Waals surface area (Å²) in [6.07, 6.45) is 12.6. The zero-order valence-corrected chi connectivity index (χ0v) is 17.6. The normalized spacial score (nSPS) is 27.7. The van der Waals surface area contributed by atoms with Gasteiger partial charge in [0, 0.05) is 61.9 Å². The van der Waals surface area contributed by atoms with Crippen molar-refractivity contribution >= 4 is 17.5 Å². The Balaban J connectivity index is 1.17. The molecule has 2 atom stereocenters. The Bertz CT molecular complexity index is 958. The van der Waals surface area contributed by atoms with Crippen LogP contribution in [0.4, 0.5) is 5.69 Å². The van der Waals surface area contributed by atoms with Gasteiger partial charge in [-0.2, -0.15) is 0 Å². The molecule has 1 aliphatic carbocycles. The number of hydrogen-bond donors (Lipinski definition) is 0. The van der Waals surface area contributed by atoms with Crippen LogP contribution < -0.4 is 4.90 Å². The summed E-state index contributed by atoms with van der Waals surface area (Å²) in [6.45, 7) is 4.73. The van der Waals surface area contributed by atoms with Crippen molar-refractivity contribution in [3.63, 3.8) is 0 Å². The molecule has 2 bridgehead atoms. The molecule has 154 valence electrons. The highest BCUT2D eigenvalue weighted by molar-refractivity contribution is 6.15. The maximum atomic E-state index is 4.81. The lowest BCUT2D eigenvalue weighted by Gasteiger charge is -2.35. The van der Waals surface area contributed by atoms with E-state index in [2.05, 4.69) is 51.2 Å². The first kappa shape index (κ1) is 18.3. The standard InChI is InChI=1S/C26H30N4/c1-4-22(15-27-11-1)26-21(3-2-12-28-26)13-19-7-9-23(10-8-19)30-18-24-14-25(30)17-29(24)16-20-5-6-20/h1,4,7-11,13,15,20,24-25H,2-3,5-6,12,14,16-18H2/b21-13+/t24-,25-/m1/s1. The van der Waals surface area contributed by atoms with Gasteiger partial charge in [-0.15, -0.1) is 0 Å². The average Bonchev–Trinajstić information content (AvgIpc) is 3.39. The number of pyridine rings is 1. The van der Waals surface area contributed by atoms with Crippen LogP contribution in [0.5, 0.6) is 0 Å². The van der Waals surface area contributed by atoms with E-state index in [4.69, 9.17) is 4.99 Å². The molecular formula is C26H30N4. The van der Waals surface area contributed by atoms with Gasteiger partial charge in [-0.25, -0.2) is 0 Å². The highest BCUT2D eigenvalue weighted by atomic mass is 15.4. The van der Waals surface area contributed by atoms with Gasteiger partial charge < -0.3 is 4.90 Å². The van der Waals surface area contributed by atoms with Crippen molar-refractivity contribution < 1.29 is 0 Å². The summed E-state index contributed by atoms with van der Waals surface area (Å²) in [6, 6.07) is 14.8. The average molecular weight is 399 g/mol. The molecule has 6 rings (SSSR count). The summed E-state index contributed by atoms with van der Waals surface area (Å²) in [4.78, 5) is 14.5. The first-order chi connectivity index (χ1) is 14.8. The molecule has 0 spiro atoms. The fourth-order valence-electron chi connectivity index (χ4n) is 5.48. The number of aliphatic imine (C=N–C) groups is 1. The predicted octanol–water partition coefficient (Wildman–Crippen LogP) is 4.42. The van der Waals surface area contributed by atoms with E-state index in [0.717, 1.165) is 42.6 Å². The van der Waals surface area contributed by atoms with E-state index >= 15 is 0 Å². The molecule has 1 saturated carbocycles. The van der Waals surface area contributed by atoms with Gasteiger partial charge >= 0.3 is 0 Å². The third-order valence-electron chi connectivity index (χ3n) is 7.22. The number of allylic oxidation sites excluding steroid dienone is 1. The summed E-state index contributed by atoms with van der Waals surface area (Å²) < 4.78 is 0. The van der Waals surface area contributed by atoms with Crippen LogP contribution in [0.3, 0.4) is 0 Å². The highest BCUT2D eigenvalue weighted by Gasteiger charge is 2.44. The minimum atomic E-state index is 0.709. The largest absolute Gasteiger partial charge is 0.366 e. The van der Waals surface area contributed by atoms with Crippen LogP contribution >= 0.6 is 0 Å². The third-order valence-corrected chi connectivity index (χ3v) is 7.22. The van der Waals surface area contributed by atoms with Crippen molar-refractivity contribution in [2.24, 2.45) is 10.9 Å². The van der Waals surface area contributed by atoms with Gasteiger partial charge in [-0.05, 0) is 79.5 Å². The van der Waals surface area contributed by atoms with Gasteiger partial charge in [-0.1, -0.05) is 12.1 Å². The van der Waals surface area contributed by atoms with E-state index in [9.17, 15) is 0 Å². The van der Waals surface area contributed by atoms with E-state index in [1.165, 1.54) is 55.7 Å². The smallest absolute Gasteiger partial charge is 0.0694 e. The summed E-state index contributed by atoms with van der Waals surface area (Å²) in [5.41, 5.74) is 6.24. The number of anilines is 1. The number of rotatable bonds is 5. The summed E-state index contributed by atoms with van der Waals surface area (Å²) in [5.74, 6) is 1.00. The Labute approximate surface area is 179 Å². The lowest BCUT2D eigenvalue weighted by atomic mass is 9.95. The number of likely N-dealkylation sites (tertiary alicyclic amines) is 1. The zero-order valence-electron chi connectivity index (χ0n) is 17.6. The van der Waals surface area contributed by atoms with E-state index in [-0.39, 0.29) is 0 Å². The SMILES string of the molecule is C(=C1/CCCN=C1c1cccnc1)/c1ccc(N2C[C@H]3C[C@@H]2CN3CC2CC2)cc1. The minimum absolute atomic E-state index is 0.709. The molecule has 3 aliphatic heterocycles. The monoisotopic (exact) mass is 398 g/mol. The highest BCUT2D eigenvalue weighted by Crippen LogP contribution is 2.38. The van der Waals surface area contributed by atoms with Crippen molar-refractivity contribution in [3.05, 3.63) is 65.5 Å². The Kier molecular flexibility index (Phi) is 4.68. The quantitative estimate of drug-likeness (QED) is 0.747. The van der Waals surface area contributed by atoms with Crippen LogP contribution in [0.1, 0.15) is 43.2 Å². The Morgan fingerprint density at radius 1 is 1.03 bits per heavy atom. The Morgan fingerprint density at radius 2 is 1.93 bits per heavy atom. The van der Waals surface area contributed by atoms with E-state index in [0.29, 0.717) is 6.04 Å². The number of fused-ring (bicyclic) bond motifs is 2. The fraction of sp³-hybridized carbons (Fsp3) is 0.462. The zero-order chi connectivity index (χ0) is 19.9. The van der Waals surface area contributed by atoms with Crippen molar-refractivity contribution in [1.82, 2.24) is 9.88 Å². The van der Waals surface area contributed by atoms with Crippen LogP contribution in [0.2, 0.25) is 0 Å². The first-order valence-corrected chi connectivity index (χ1v) is 11.6. The number of piperazine rings is 1. The third kappa shape index (κ3) is 3.58. The Hall–Kier alpha value is -2.46. The molecule has 0 N–H and O–H groups in total. The lowest BCUT2D eigenvalue weighted by molar-refractivity contribution is 0.229. The molecule has 2 saturated heterocycles. The summed E-state index contributed by atoms with van der Waals surface area (Å²) in [5, 5.41) is 0. The lowest BCUT2D eigenvalue weighted by Crippen LogP contribution is -2.47. The molecule has 0 radical (unpaired) electrons. The maximum absolute atomic E-state index is 4.81. The van der Waals surface area contributed by atoms with Gasteiger partial charge in [0.1, 0.15) is 0 Å². The molecule has 30 heavy (non-hydrogen) atoms. The fourth-order valence-corrected chi connectivity index (χ4v) is 5.48. The summed E-state index contributed by atoms with van der Waals surface area (Å²) >= 11 is 0. The van der Waals surface area contributed by atoms with Crippen molar-refractivity contribution in [3.8, 4) is 0 Å². The Morgan fingerprint density at radius 3 is 2.67 bits per heavy atom. The second-order valence-corrected chi connectivity index (χ2v) is 9.43. The van der Waals surface area contributed by atoms with E-state index in [1.807, 2.05) is 18.5 Å². The van der Waals surface area contributed by atoms with Gasteiger partial charge in [-0.3, -0.25) is 14.9 Å². The molecule has 2 aromatic rings. The van der Waals surface area contributed by atoms with Crippen LogP contribution in [0.15, 0.2) is 59.4 Å². The maximum Gasteiger partial charge on any atom is 0.0694 e. The molecule has 4 heteroatoms. The predicted molar refractivity (Wildman–Crippen MR) is 123 cm³/mol. The molecule has 1 aromatic heterocycles. The van der Waals surface area contributed by atoms with Crippen molar-refractivity contribution in [2.45, 2.75) is 44.2 Å². The molecule has 4 aliphatic rings.